The number of hydrogen-bond acceptors (Lipinski definition) is 5. The monoisotopic (exact) mass is 485 g/mol. The Morgan fingerprint density at radius 3 is 1.66 bits per heavy atom. The number of nitrogens with zero attached hydrogens (tertiary/aromatic N) is 1. The van der Waals surface area contributed by atoms with E-state index in [9.17, 15) is 19.2 Å². The number of benzene rings is 3. The number of rotatable bonds is 5. The van der Waals surface area contributed by atoms with E-state index in [0.29, 0.717) is 10.6 Å². The standard InChI is InChI=1S/C28H20ClNO5/c29-16-11-9-15(10-12-16)21(31)14-35-22(32)13-30-27(33)25-23-17-5-1-2-6-18(17)24(26(25)28(30)34)20-8-4-3-7-19(20)23/h1-12,23-26H,13-14H2/t23?,24?,25-,26+. The molecule has 1 heterocycles. The molecule has 4 aliphatic rings. The average molecular weight is 486 g/mol. The topological polar surface area (TPSA) is 80.8 Å². The molecule has 6 nitrogen and oxygen atoms in total. The molecule has 1 saturated heterocycles. The van der Waals surface area contributed by atoms with Crippen molar-refractivity contribution < 1.29 is 23.9 Å². The van der Waals surface area contributed by atoms with Crippen molar-refractivity contribution in [2.45, 2.75) is 11.8 Å². The Kier molecular flexibility index (Phi) is 5.07. The van der Waals surface area contributed by atoms with Gasteiger partial charge in [0.1, 0.15) is 6.54 Å². The quantitative estimate of drug-likeness (QED) is 0.310. The number of esters is 1. The molecular formula is C28H20ClNO5. The fraction of sp³-hybridized carbons (Fsp3) is 0.214. The molecule has 3 aliphatic carbocycles. The van der Waals surface area contributed by atoms with Gasteiger partial charge in [-0.1, -0.05) is 60.1 Å². The van der Waals surface area contributed by atoms with Crippen LogP contribution in [0.1, 0.15) is 44.4 Å². The van der Waals surface area contributed by atoms with Gasteiger partial charge in [-0.25, -0.2) is 0 Å². The first kappa shape index (κ1) is 21.7. The van der Waals surface area contributed by atoms with Gasteiger partial charge in [-0.15, -0.1) is 0 Å². The Balaban J connectivity index is 1.23. The predicted octanol–water partition coefficient (Wildman–Crippen LogP) is 3.96. The second kappa shape index (κ2) is 8.17. The molecule has 174 valence electrons. The number of ketones is 1. The summed E-state index contributed by atoms with van der Waals surface area (Å²) in [6.07, 6.45) is 0. The third-order valence-corrected chi connectivity index (χ3v) is 7.61. The normalized spacial score (nSPS) is 23.5. The van der Waals surface area contributed by atoms with Gasteiger partial charge in [0.15, 0.2) is 12.4 Å². The van der Waals surface area contributed by atoms with E-state index in [1.165, 1.54) is 0 Å². The van der Waals surface area contributed by atoms with Crippen LogP contribution in [0.4, 0.5) is 0 Å². The van der Waals surface area contributed by atoms with Gasteiger partial charge < -0.3 is 4.74 Å². The number of Topliss-reactive ketones (excluding diaryl/α,β-unsaturated/α-hetero) is 1. The van der Waals surface area contributed by atoms with Gasteiger partial charge >= 0.3 is 5.97 Å². The zero-order valence-corrected chi connectivity index (χ0v) is 19.3. The molecule has 2 atom stereocenters. The van der Waals surface area contributed by atoms with Crippen molar-refractivity contribution in [3.8, 4) is 0 Å². The molecule has 0 aromatic heterocycles. The second-order valence-electron chi connectivity index (χ2n) is 9.12. The van der Waals surface area contributed by atoms with E-state index in [-0.39, 0.29) is 23.7 Å². The van der Waals surface area contributed by atoms with Crippen LogP contribution in [-0.2, 0) is 19.1 Å². The smallest absolute Gasteiger partial charge is 0.326 e. The Hall–Kier alpha value is -3.77. The third kappa shape index (κ3) is 3.32. The molecule has 35 heavy (non-hydrogen) atoms. The van der Waals surface area contributed by atoms with Crippen LogP contribution >= 0.6 is 11.6 Å². The van der Waals surface area contributed by atoms with Crippen molar-refractivity contribution in [1.29, 1.82) is 0 Å². The molecule has 2 bridgehead atoms. The molecule has 1 aliphatic heterocycles. The van der Waals surface area contributed by atoms with Crippen LogP contribution in [0, 0.1) is 11.8 Å². The first-order valence-electron chi connectivity index (χ1n) is 11.4. The molecule has 0 N–H and O–H groups in total. The van der Waals surface area contributed by atoms with Crippen LogP contribution in [0.15, 0.2) is 72.8 Å². The van der Waals surface area contributed by atoms with Crippen LogP contribution in [0.5, 0.6) is 0 Å². The minimum Gasteiger partial charge on any atom is -0.456 e. The molecule has 3 aromatic carbocycles. The van der Waals surface area contributed by atoms with Gasteiger partial charge in [0.05, 0.1) is 11.8 Å². The molecule has 0 radical (unpaired) electrons. The minimum absolute atomic E-state index is 0.235. The summed E-state index contributed by atoms with van der Waals surface area (Å²) < 4.78 is 5.13. The van der Waals surface area contributed by atoms with Gasteiger partial charge in [0.2, 0.25) is 11.8 Å². The van der Waals surface area contributed by atoms with Crippen LogP contribution in [0.25, 0.3) is 0 Å². The van der Waals surface area contributed by atoms with E-state index < -0.39 is 36.7 Å². The van der Waals surface area contributed by atoms with Crippen molar-refractivity contribution in [2.24, 2.45) is 11.8 Å². The number of carbonyl (C=O) groups is 4. The lowest BCUT2D eigenvalue weighted by Gasteiger charge is -2.45. The fourth-order valence-electron chi connectivity index (χ4n) is 5.93. The third-order valence-electron chi connectivity index (χ3n) is 7.36. The zero-order chi connectivity index (χ0) is 24.3. The summed E-state index contributed by atoms with van der Waals surface area (Å²) in [5.74, 6) is -3.49. The predicted molar refractivity (Wildman–Crippen MR) is 127 cm³/mol. The minimum atomic E-state index is -0.796. The maximum Gasteiger partial charge on any atom is 0.326 e. The SMILES string of the molecule is O=C(CN1C(=O)[C@@H]2C3c4ccccc4C(c4ccccc43)[C@@H]2C1=O)OCC(=O)c1ccc(Cl)cc1. The Bertz CT molecular complexity index is 1280. The van der Waals surface area contributed by atoms with Crippen LogP contribution in [-0.4, -0.2) is 41.6 Å². The van der Waals surface area contributed by atoms with Gasteiger partial charge in [-0.05, 0) is 46.5 Å². The summed E-state index contributed by atoms with van der Waals surface area (Å²) in [5, 5.41) is 0.490. The van der Waals surface area contributed by atoms with E-state index in [0.717, 1.165) is 27.2 Å². The fourth-order valence-corrected chi connectivity index (χ4v) is 6.06. The van der Waals surface area contributed by atoms with E-state index in [1.807, 2.05) is 48.5 Å². The lowest BCUT2D eigenvalue weighted by Crippen LogP contribution is -2.41. The molecule has 2 amide bonds. The number of imide groups is 1. The zero-order valence-electron chi connectivity index (χ0n) is 18.5. The number of halogens is 1. The first-order chi connectivity index (χ1) is 17.0. The molecule has 0 spiro atoms. The van der Waals surface area contributed by atoms with Gasteiger partial charge in [-0.3, -0.25) is 24.1 Å². The highest BCUT2D eigenvalue weighted by Crippen LogP contribution is 2.60. The van der Waals surface area contributed by atoms with Gasteiger partial charge in [-0.2, -0.15) is 0 Å². The summed E-state index contributed by atoms with van der Waals surface area (Å²) in [6.45, 7) is -0.990. The van der Waals surface area contributed by atoms with Crippen molar-refractivity contribution in [1.82, 2.24) is 4.90 Å². The summed E-state index contributed by atoms with van der Waals surface area (Å²) in [5.41, 5.74) is 4.62. The largest absolute Gasteiger partial charge is 0.456 e. The first-order valence-corrected chi connectivity index (χ1v) is 11.8. The molecule has 0 saturated carbocycles. The Labute approximate surface area is 206 Å². The number of carbonyl (C=O) groups excluding carboxylic acids is 4. The van der Waals surface area contributed by atoms with E-state index in [2.05, 4.69) is 0 Å². The summed E-state index contributed by atoms with van der Waals surface area (Å²) in [7, 11) is 0. The highest BCUT2D eigenvalue weighted by atomic mass is 35.5. The number of likely N-dealkylation sites (tertiary alicyclic amines) is 1. The molecule has 3 aromatic rings. The van der Waals surface area contributed by atoms with Crippen molar-refractivity contribution >= 4 is 35.2 Å². The van der Waals surface area contributed by atoms with Crippen molar-refractivity contribution in [3.05, 3.63) is 106 Å². The van der Waals surface area contributed by atoms with E-state index in [4.69, 9.17) is 16.3 Å². The van der Waals surface area contributed by atoms with E-state index >= 15 is 0 Å². The maximum atomic E-state index is 13.5. The van der Waals surface area contributed by atoms with Crippen LogP contribution in [0.2, 0.25) is 5.02 Å². The molecule has 7 heteroatoms. The lowest BCUT2D eigenvalue weighted by atomic mass is 9.55. The Morgan fingerprint density at radius 1 is 0.743 bits per heavy atom. The molecule has 0 unspecified atom stereocenters. The van der Waals surface area contributed by atoms with Gasteiger partial charge in [0.25, 0.3) is 0 Å². The maximum absolute atomic E-state index is 13.5. The van der Waals surface area contributed by atoms with Crippen LogP contribution < -0.4 is 0 Å². The molecule has 1 fully saturated rings. The molecule has 7 rings (SSSR count). The summed E-state index contributed by atoms with van der Waals surface area (Å²) in [6, 6.07) is 22.1. The highest BCUT2D eigenvalue weighted by molar-refractivity contribution is 6.30. The number of amides is 2. The lowest BCUT2D eigenvalue weighted by molar-refractivity contribution is -0.152. The van der Waals surface area contributed by atoms with Crippen molar-refractivity contribution in [3.63, 3.8) is 0 Å². The Morgan fingerprint density at radius 2 is 1.20 bits per heavy atom. The highest BCUT2D eigenvalue weighted by Gasteiger charge is 2.61. The number of hydrogen-bond donors (Lipinski definition) is 0. The number of ether oxygens (including phenoxy) is 1. The summed E-state index contributed by atoms with van der Waals surface area (Å²) >= 11 is 5.84. The second-order valence-corrected chi connectivity index (χ2v) is 9.55. The van der Waals surface area contributed by atoms with Gasteiger partial charge in [0, 0.05) is 22.4 Å². The van der Waals surface area contributed by atoms with Crippen LogP contribution in [0.3, 0.4) is 0 Å². The summed E-state index contributed by atoms with van der Waals surface area (Å²) in [4.78, 5) is 52.9. The van der Waals surface area contributed by atoms with Crippen molar-refractivity contribution in [2.75, 3.05) is 13.2 Å². The average Bonchev–Trinajstić information content (AvgIpc) is 3.13. The van der Waals surface area contributed by atoms with E-state index in [1.54, 1.807) is 24.3 Å². The molecular weight excluding hydrogens is 466 g/mol.